The molecule has 0 radical (unpaired) electrons. The summed E-state index contributed by atoms with van der Waals surface area (Å²) in [5, 5.41) is 31.9. The number of aromatic hydroxyl groups is 1. The first-order valence-corrected chi connectivity index (χ1v) is 17.0. The molecule has 7 atom stereocenters. The number of benzene rings is 1. The number of phenols is 1. The topological polar surface area (TPSA) is 223 Å². The lowest BCUT2D eigenvalue weighted by Gasteiger charge is -2.32. The maximum atomic E-state index is 13.8. The summed E-state index contributed by atoms with van der Waals surface area (Å²) in [5.41, 5.74) is 6.70. The van der Waals surface area contributed by atoms with E-state index >= 15 is 0 Å². The van der Waals surface area contributed by atoms with Gasteiger partial charge in [0.15, 0.2) is 0 Å². The quantitative estimate of drug-likeness (QED) is 0.199. The lowest BCUT2D eigenvalue weighted by Crippen LogP contribution is -2.61. The van der Waals surface area contributed by atoms with E-state index in [0.29, 0.717) is 44.2 Å². The molecule has 3 heterocycles. The second-order valence-corrected chi connectivity index (χ2v) is 12.8. The van der Waals surface area contributed by atoms with Crippen molar-refractivity contribution in [2.75, 3.05) is 19.6 Å². The molecular formula is C33H49N7O8. The van der Waals surface area contributed by atoms with Crippen molar-refractivity contribution < 1.29 is 39.0 Å². The molecule has 3 aliphatic rings. The molecule has 6 amide bonds. The van der Waals surface area contributed by atoms with Crippen molar-refractivity contribution in [3.8, 4) is 5.75 Å². The smallest absolute Gasteiger partial charge is 0.245 e. The second-order valence-electron chi connectivity index (χ2n) is 12.8. The van der Waals surface area contributed by atoms with Gasteiger partial charge in [0.25, 0.3) is 0 Å². The average Bonchev–Trinajstić information content (AvgIpc) is 3.77. The molecule has 8 N–H and O–H groups in total. The van der Waals surface area contributed by atoms with Crippen LogP contribution in [0.2, 0.25) is 0 Å². The fourth-order valence-electron chi connectivity index (χ4n) is 6.58. The molecule has 0 bridgehead atoms. The number of hydrogen-bond donors (Lipinski definition) is 7. The van der Waals surface area contributed by atoms with Crippen molar-refractivity contribution in [2.24, 2.45) is 5.73 Å². The van der Waals surface area contributed by atoms with Gasteiger partial charge in [0.05, 0.1) is 12.1 Å². The summed E-state index contributed by atoms with van der Waals surface area (Å²) in [4.78, 5) is 83.8. The third kappa shape index (κ3) is 8.81. The third-order valence-corrected chi connectivity index (χ3v) is 9.40. The summed E-state index contributed by atoms with van der Waals surface area (Å²) in [6.07, 6.45) is 1.40. The summed E-state index contributed by atoms with van der Waals surface area (Å²) in [6, 6.07) is -0.109. The zero-order chi connectivity index (χ0) is 35.0. The Kier molecular flexibility index (Phi) is 12.8. The highest BCUT2D eigenvalue weighted by Crippen LogP contribution is 2.22. The number of rotatable bonds is 5. The number of nitrogens with two attached hydrogens (primary N) is 1. The minimum absolute atomic E-state index is 0.0187. The van der Waals surface area contributed by atoms with Gasteiger partial charge in [0.2, 0.25) is 35.4 Å². The van der Waals surface area contributed by atoms with Gasteiger partial charge in [0, 0.05) is 26.1 Å². The van der Waals surface area contributed by atoms with Crippen LogP contribution in [0.3, 0.4) is 0 Å². The zero-order valence-corrected chi connectivity index (χ0v) is 27.7. The van der Waals surface area contributed by atoms with E-state index < -0.39 is 71.9 Å². The predicted molar refractivity (Wildman–Crippen MR) is 174 cm³/mol. The standard InChI is InChI=1S/C33H49N7O8/c1-3-22-32(47)40-17-7-10-25(40)30(45)38-27(26(42)18-19-11-13-20(41)14-12-19)31(46)37-23(4-2)33(48)39-16-6-9-24(39)29(44)35-15-5-8-21(34)28(43)36-22/h11-14,21-27,41-42H,3-10,15-18,34H2,1-2H3,(H,35,44)(H,36,43)(H,37,46)(H,38,45)/t21?,22?,23?,24?,25?,26-,27?/m1/s1. The van der Waals surface area contributed by atoms with Crippen molar-refractivity contribution in [3.63, 3.8) is 0 Å². The fraction of sp³-hybridized carbons (Fsp3) is 0.636. The Morgan fingerprint density at radius 2 is 1.29 bits per heavy atom. The first-order valence-electron chi connectivity index (χ1n) is 17.0. The van der Waals surface area contributed by atoms with Crippen LogP contribution < -0.4 is 27.0 Å². The monoisotopic (exact) mass is 671 g/mol. The number of nitrogens with one attached hydrogen (secondary N) is 4. The number of phenolic OH excluding ortho intramolecular Hbond substituents is 1. The Morgan fingerprint density at radius 3 is 1.85 bits per heavy atom. The van der Waals surface area contributed by atoms with Crippen molar-refractivity contribution in [1.29, 1.82) is 0 Å². The molecule has 48 heavy (non-hydrogen) atoms. The lowest BCUT2D eigenvalue weighted by atomic mass is 10.00. The van der Waals surface area contributed by atoms with Crippen LogP contribution in [0.4, 0.5) is 0 Å². The molecule has 0 spiro atoms. The van der Waals surface area contributed by atoms with Gasteiger partial charge in [-0.05, 0) is 69.1 Å². The maximum Gasteiger partial charge on any atom is 0.245 e. The van der Waals surface area contributed by atoms with Crippen molar-refractivity contribution in [1.82, 2.24) is 31.1 Å². The van der Waals surface area contributed by atoms with Gasteiger partial charge in [-0.15, -0.1) is 0 Å². The van der Waals surface area contributed by atoms with E-state index in [1.165, 1.54) is 21.9 Å². The minimum Gasteiger partial charge on any atom is -0.508 e. The lowest BCUT2D eigenvalue weighted by molar-refractivity contribution is -0.144. The fourth-order valence-corrected chi connectivity index (χ4v) is 6.58. The first kappa shape index (κ1) is 36.6. The van der Waals surface area contributed by atoms with E-state index in [1.807, 2.05) is 0 Å². The van der Waals surface area contributed by atoms with Crippen molar-refractivity contribution in [2.45, 2.75) is 114 Å². The highest BCUT2D eigenvalue weighted by Gasteiger charge is 2.42. The van der Waals surface area contributed by atoms with Gasteiger partial charge in [-0.3, -0.25) is 28.8 Å². The van der Waals surface area contributed by atoms with E-state index in [1.54, 1.807) is 26.0 Å². The summed E-state index contributed by atoms with van der Waals surface area (Å²) in [6.45, 7) is 4.24. The van der Waals surface area contributed by atoms with Crippen LogP contribution in [0.15, 0.2) is 24.3 Å². The van der Waals surface area contributed by atoms with E-state index in [4.69, 9.17) is 5.73 Å². The molecule has 0 aliphatic carbocycles. The molecule has 1 aromatic carbocycles. The molecule has 0 aromatic heterocycles. The number of hydrogen-bond acceptors (Lipinski definition) is 9. The van der Waals surface area contributed by atoms with Crippen LogP contribution in [-0.4, -0.2) is 117 Å². The third-order valence-electron chi connectivity index (χ3n) is 9.40. The summed E-state index contributed by atoms with van der Waals surface area (Å²) in [7, 11) is 0. The maximum absolute atomic E-state index is 13.8. The number of carbonyl (C=O) groups excluding carboxylic acids is 6. The van der Waals surface area contributed by atoms with Gasteiger partial charge in [0.1, 0.15) is 36.0 Å². The zero-order valence-electron chi connectivity index (χ0n) is 27.7. The van der Waals surface area contributed by atoms with E-state index in [9.17, 15) is 39.0 Å². The molecule has 3 fully saturated rings. The van der Waals surface area contributed by atoms with Crippen molar-refractivity contribution in [3.05, 3.63) is 29.8 Å². The Morgan fingerprint density at radius 1 is 0.750 bits per heavy atom. The van der Waals surface area contributed by atoms with Crippen LogP contribution >= 0.6 is 0 Å². The van der Waals surface area contributed by atoms with Gasteiger partial charge in [-0.1, -0.05) is 26.0 Å². The minimum atomic E-state index is -1.52. The molecule has 15 heteroatoms. The van der Waals surface area contributed by atoms with E-state index in [0.717, 1.165) is 0 Å². The van der Waals surface area contributed by atoms with Crippen LogP contribution in [0.1, 0.15) is 70.8 Å². The molecule has 3 aliphatic heterocycles. The van der Waals surface area contributed by atoms with Crippen molar-refractivity contribution >= 4 is 35.4 Å². The number of fused-ring (bicyclic) bond motifs is 2. The molecule has 0 saturated carbocycles. The SMILES string of the molecule is CCC1NC(=O)C(N)CCCNC(=O)C2CCCN2C(=O)C(CC)NC(=O)C([C@H](O)Cc2ccc(O)cc2)NC(=O)C2CCCN2C1=O. The molecule has 15 nitrogen and oxygen atoms in total. The number of amides is 6. The first-order chi connectivity index (χ1) is 22.9. The van der Waals surface area contributed by atoms with Crippen LogP contribution in [-0.2, 0) is 35.2 Å². The summed E-state index contributed by atoms with van der Waals surface area (Å²) < 4.78 is 0. The Labute approximate surface area is 280 Å². The molecule has 264 valence electrons. The molecule has 6 unspecified atom stereocenters. The molecule has 4 rings (SSSR count). The molecule has 3 saturated heterocycles. The van der Waals surface area contributed by atoms with Gasteiger partial charge in [-0.2, -0.15) is 0 Å². The molecule has 1 aromatic rings. The second kappa shape index (κ2) is 16.7. The Hall–Kier alpha value is -4.24. The average molecular weight is 672 g/mol. The predicted octanol–water partition coefficient (Wildman–Crippen LogP) is -1.21. The Bertz CT molecular complexity index is 1340. The van der Waals surface area contributed by atoms with Gasteiger partial charge in [-0.25, -0.2) is 0 Å². The Balaban J connectivity index is 1.64. The van der Waals surface area contributed by atoms with E-state index in [-0.39, 0.29) is 50.4 Å². The highest BCUT2D eigenvalue weighted by atomic mass is 16.3. The van der Waals surface area contributed by atoms with Gasteiger partial charge < -0.3 is 47.0 Å². The largest absolute Gasteiger partial charge is 0.508 e. The van der Waals surface area contributed by atoms with Crippen LogP contribution in [0.25, 0.3) is 0 Å². The molecular weight excluding hydrogens is 622 g/mol. The number of aliphatic hydroxyl groups excluding tert-OH is 1. The van der Waals surface area contributed by atoms with Gasteiger partial charge >= 0.3 is 0 Å². The number of aliphatic hydroxyl groups is 1. The number of nitrogens with zero attached hydrogens (tertiary/aromatic N) is 2. The highest BCUT2D eigenvalue weighted by molar-refractivity contribution is 5.97. The summed E-state index contributed by atoms with van der Waals surface area (Å²) in [5.74, 6) is -3.24. The van der Waals surface area contributed by atoms with Crippen LogP contribution in [0, 0.1) is 0 Å². The normalized spacial score (nSPS) is 29.2. The van der Waals surface area contributed by atoms with Crippen LogP contribution in [0.5, 0.6) is 5.75 Å². The number of carbonyl (C=O) groups is 6. The summed E-state index contributed by atoms with van der Waals surface area (Å²) >= 11 is 0. The van der Waals surface area contributed by atoms with E-state index in [2.05, 4.69) is 21.3 Å².